The number of nitrogens with zero attached hydrogens (tertiary/aromatic N) is 4. The number of hydrogen-bond acceptors (Lipinski definition) is 4. The van der Waals surface area contributed by atoms with Crippen LogP contribution < -0.4 is 0 Å². The van der Waals surface area contributed by atoms with Crippen molar-refractivity contribution >= 4 is 11.0 Å². The van der Waals surface area contributed by atoms with Crippen molar-refractivity contribution in [3.8, 4) is 11.1 Å². The van der Waals surface area contributed by atoms with Crippen LogP contribution in [0.3, 0.4) is 0 Å². The summed E-state index contributed by atoms with van der Waals surface area (Å²) in [6.07, 6.45) is 11.3. The maximum Gasteiger partial charge on any atom is 0.137 e. The average molecular weight is 380 g/mol. The Hall–Kier alpha value is -2.18. The van der Waals surface area contributed by atoms with E-state index < -0.39 is 0 Å². The molecule has 0 aromatic carbocycles. The molecular weight excluding hydrogens is 350 g/mol. The van der Waals surface area contributed by atoms with Gasteiger partial charge in [-0.25, -0.2) is 4.98 Å². The number of fused-ring (bicyclic) bond motifs is 1. The van der Waals surface area contributed by atoms with E-state index in [0.717, 1.165) is 43.7 Å². The molecule has 2 aliphatic rings. The molecule has 0 radical (unpaired) electrons. The zero-order valence-corrected chi connectivity index (χ0v) is 16.8. The number of aromatic amines is 1. The zero-order chi connectivity index (χ0) is 19.1. The summed E-state index contributed by atoms with van der Waals surface area (Å²) in [4.78, 5) is 10.7. The SMILES string of the molecule is Cc1nn(C)cc1-c1c[nH]c2ncc([C@H]3CC[C@H](N4CCOCC4)CC3)cc12. The number of pyridine rings is 1. The molecule has 0 spiro atoms. The van der Waals surface area contributed by atoms with E-state index in [4.69, 9.17) is 9.72 Å². The normalized spacial score (nSPS) is 24.1. The highest BCUT2D eigenvalue weighted by atomic mass is 16.5. The van der Waals surface area contributed by atoms with Gasteiger partial charge in [-0.1, -0.05) is 0 Å². The average Bonchev–Trinajstić information content (AvgIpc) is 3.30. The Morgan fingerprint density at radius 1 is 1.11 bits per heavy atom. The zero-order valence-electron chi connectivity index (χ0n) is 16.8. The standard InChI is InChI=1S/C22H29N5O/c1-15-21(14-26(2)25-15)20-13-24-22-19(20)11-17(12-23-22)16-3-5-18(6-4-16)27-7-9-28-10-8-27/h11-14,16,18H,3-10H2,1-2H3,(H,23,24)/t16-,18-. The summed E-state index contributed by atoms with van der Waals surface area (Å²) in [5, 5.41) is 5.72. The maximum atomic E-state index is 5.51. The van der Waals surface area contributed by atoms with Crippen LogP contribution in [0.1, 0.15) is 42.9 Å². The predicted molar refractivity (Wildman–Crippen MR) is 110 cm³/mol. The first-order valence-corrected chi connectivity index (χ1v) is 10.5. The van der Waals surface area contributed by atoms with E-state index in [1.54, 1.807) is 0 Å². The van der Waals surface area contributed by atoms with Crippen LogP contribution >= 0.6 is 0 Å². The van der Waals surface area contributed by atoms with E-state index >= 15 is 0 Å². The van der Waals surface area contributed by atoms with Gasteiger partial charge in [0.25, 0.3) is 0 Å². The second-order valence-corrected chi connectivity index (χ2v) is 8.32. The minimum atomic E-state index is 0.618. The van der Waals surface area contributed by atoms with Gasteiger partial charge in [0.2, 0.25) is 0 Å². The van der Waals surface area contributed by atoms with Crippen molar-refractivity contribution in [2.75, 3.05) is 26.3 Å². The van der Waals surface area contributed by atoms with Crippen molar-refractivity contribution in [3.63, 3.8) is 0 Å². The molecule has 4 heterocycles. The molecule has 1 saturated carbocycles. The van der Waals surface area contributed by atoms with Crippen molar-refractivity contribution in [2.45, 2.75) is 44.6 Å². The van der Waals surface area contributed by atoms with Crippen LogP contribution in [0, 0.1) is 6.92 Å². The molecule has 0 atom stereocenters. The Bertz CT molecular complexity index is 961. The first kappa shape index (κ1) is 17.9. The number of aromatic nitrogens is 4. The van der Waals surface area contributed by atoms with Gasteiger partial charge in [0.15, 0.2) is 0 Å². The number of morpholine rings is 1. The van der Waals surface area contributed by atoms with E-state index in [1.807, 2.05) is 11.7 Å². The summed E-state index contributed by atoms with van der Waals surface area (Å²) in [6.45, 7) is 6.05. The Morgan fingerprint density at radius 2 is 1.89 bits per heavy atom. The molecule has 2 fully saturated rings. The molecule has 1 saturated heterocycles. The van der Waals surface area contributed by atoms with Gasteiger partial charge in [0, 0.05) is 61.3 Å². The van der Waals surface area contributed by atoms with Gasteiger partial charge in [-0.3, -0.25) is 9.58 Å². The lowest BCUT2D eigenvalue weighted by Crippen LogP contribution is -2.44. The Labute approximate surface area is 165 Å². The molecule has 6 nitrogen and oxygen atoms in total. The number of nitrogens with one attached hydrogen (secondary N) is 1. The molecule has 1 aliphatic carbocycles. The largest absolute Gasteiger partial charge is 0.379 e. The minimum Gasteiger partial charge on any atom is -0.379 e. The predicted octanol–water partition coefficient (Wildman–Crippen LogP) is 3.63. The molecule has 0 unspecified atom stereocenters. The van der Waals surface area contributed by atoms with Crippen LogP contribution in [0.2, 0.25) is 0 Å². The summed E-state index contributed by atoms with van der Waals surface area (Å²) in [7, 11) is 1.97. The van der Waals surface area contributed by atoms with Gasteiger partial charge in [0.1, 0.15) is 5.65 Å². The number of ether oxygens (including phenoxy) is 1. The van der Waals surface area contributed by atoms with Crippen molar-refractivity contribution in [1.82, 2.24) is 24.6 Å². The third kappa shape index (κ3) is 3.25. The van der Waals surface area contributed by atoms with Crippen molar-refractivity contribution in [3.05, 3.63) is 35.9 Å². The molecule has 1 aliphatic heterocycles. The molecular formula is C22H29N5O. The first-order valence-electron chi connectivity index (χ1n) is 10.5. The summed E-state index contributed by atoms with van der Waals surface area (Å²) in [5.41, 5.74) is 5.79. The number of hydrogen-bond donors (Lipinski definition) is 1. The van der Waals surface area contributed by atoms with Crippen molar-refractivity contribution in [2.24, 2.45) is 7.05 Å². The Balaban J connectivity index is 1.37. The quantitative estimate of drug-likeness (QED) is 0.755. The number of rotatable bonds is 3. The number of H-pyrrole nitrogens is 1. The molecule has 0 amide bonds. The fourth-order valence-corrected chi connectivity index (χ4v) is 5.05. The second-order valence-electron chi connectivity index (χ2n) is 8.32. The van der Waals surface area contributed by atoms with Crippen molar-refractivity contribution in [1.29, 1.82) is 0 Å². The third-order valence-electron chi connectivity index (χ3n) is 6.59. The fraction of sp³-hybridized carbons (Fsp3) is 0.545. The molecule has 3 aromatic heterocycles. The Morgan fingerprint density at radius 3 is 2.61 bits per heavy atom. The van der Waals surface area contributed by atoms with Gasteiger partial charge in [-0.05, 0) is 50.2 Å². The maximum absolute atomic E-state index is 5.51. The Kier molecular flexibility index (Phi) is 4.69. The smallest absolute Gasteiger partial charge is 0.137 e. The highest BCUT2D eigenvalue weighted by Gasteiger charge is 2.28. The third-order valence-corrected chi connectivity index (χ3v) is 6.59. The van der Waals surface area contributed by atoms with E-state index in [9.17, 15) is 0 Å². The second kappa shape index (κ2) is 7.33. The fourth-order valence-electron chi connectivity index (χ4n) is 5.05. The van der Waals surface area contributed by atoms with Gasteiger partial charge in [0.05, 0.1) is 18.9 Å². The van der Waals surface area contributed by atoms with Crippen LogP contribution in [0.5, 0.6) is 0 Å². The lowest BCUT2D eigenvalue weighted by atomic mass is 9.81. The van der Waals surface area contributed by atoms with Crippen LogP contribution in [-0.2, 0) is 11.8 Å². The molecule has 6 heteroatoms. The molecule has 148 valence electrons. The molecule has 0 bridgehead atoms. The van der Waals surface area contributed by atoms with Gasteiger partial charge in [-0.2, -0.15) is 5.10 Å². The summed E-state index contributed by atoms with van der Waals surface area (Å²) in [5.74, 6) is 0.618. The van der Waals surface area contributed by atoms with Gasteiger partial charge in [-0.15, -0.1) is 0 Å². The van der Waals surface area contributed by atoms with E-state index in [1.165, 1.54) is 47.8 Å². The first-order chi connectivity index (χ1) is 13.7. The summed E-state index contributed by atoms with van der Waals surface area (Å²) < 4.78 is 7.40. The topological polar surface area (TPSA) is 59.0 Å². The summed E-state index contributed by atoms with van der Waals surface area (Å²) >= 11 is 0. The van der Waals surface area contributed by atoms with Crippen LogP contribution in [0.4, 0.5) is 0 Å². The molecule has 1 N–H and O–H groups in total. The highest BCUT2D eigenvalue weighted by molar-refractivity contribution is 5.94. The van der Waals surface area contributed by atoms with Crippen LogP contribution in [-0.4, -0.2) is 57.0 Å². The van der Waals surface area contributed by atoms with Crippen molar-refractivity contribution < 1.29 is 4.74 Å². The molecule has 28 heavy (non-hydrogen) atoms. The van der Waals surface area contributed by atoms with Gasteiger partial charge < -0.3 is 9.72 Å². The van der Waals surface area contributed by atoms with Crippen LogP contribution in [0.15, 0.2) is 24.7 Å². The molecule has 5 rings (SSSR count). The van der Waals surface area contributed by atoms with E-state index in [0.29, 0.717) is 5.92 Å². The monoisotopic (exact) mass is 379 g/mol. The van der Waals surface area contributed by atoms with Gasteiger partial charge >= 0.3 is 0 Å². The van der Waals surface area contributed by atoms with E-state index in [2.05, 4.69) is 46.6 Å². The number of aryl methyl sites for hydroxylation is 2. The molecule has 3 aromatic rings. The van der Waals surface area contributed by atoms with Crippen LogP contribution in [0.25, 0.3) is 22.2 Å². The van der Waals surface area contributed by atoms with E-state index in [-0.39, 0.29) is 0 Å². The lowest BCUT2D eigenvalue weighted by Gasteiger charge is -2.38. The minimum absolute atomic E-state index is 0.618. The highest BCUT2D eigenvalue weighted by Crippen LogP contribution is 2.37. The summed E-state index contributed by atoms with van der Waals surface area (Å²) in [6, 6.07) is 3.10. The lowest BCUT2D eigenvalue weighted by molar-refractivity contribution is 0.00729.